The number of benzene rings is 2. The summed E-state index contributed by atoms with van der Waals surface area (Å²) < 4.78 is 15.9. The average Bonchev–Trinajstić information content (AvgIpc) is 2.62. The Morgan fingerprint density at radius 2 is 1.29 bits per heavy atom. The van der Waals surface area contributed by atoms with E-state index in [0.29, 0.717) is 5.75 Å². The summed E-state index contributed by atoms with van der Waals surface area (Å²) in [5.41, 5.74) is 1.00. The molecule has 2 aromatic rings. The van der Waals surface area contributed by atoms with Gasteiger partial charge in [-0.25, -0.2) is 0 Å². The van der Waals surface area contributed by atoms with Crippen LogP contribution in [0, 0.1) is 0 Å². The van der Waals surface area contributed by atoms with E-state index in [1.807, 2.05) is 31.2 Å². The molecule has 0 saturated carbocycles. The third kappa shape index (κ3) is 4.65. The zero-order valence-corrected chi connectivity index (χ0v) is 14.4. The van der Waals surface area contributed by atoms with Crippen LogP contribution >= 0.6 is 0 Å². The summed E-state index contributed by atoms with van der Waals surface area (Å²) in [7, 11) is 3.23. The van der Waals surface area contributed by atoms with Crippen LogP contribution in [0.15, 0.2) is 48.5 Å². The Hall–Kier alpha value is -2.69. The zero-order chi connectivity index (χ0) is 17.5. The fourth-order valence-electron chi connectivity index (χ4n) is 2.22. The van der Waals surface area contributed by atoms with E-state index in [1.54, 1.807) is 45.4 Å². The van der Waals surface area contributed by atoms with Crippen molar-refractivity contribution >= 4 is 5.91 Å². The van der Waals surface area contributed by atoms with Crippen molar-refractivity contribution in [3.8, 4) is 17.2 Å². The van der Waals surface area contributed by atoms with Gasteiger partial charge in [-0.2, -0.15) is 0 Å². The minimum absolute atomic E-state index is 0.120. The Bertz CT molecular complexity index is 652. The number of nitrogens with one attached hydrogen (secondary N) is 1. The number of ether oxygens (including phenoxy) is 3. The minimum Gasteiger partial charge on any atom is -0.497 e. The molecule has 0 bridgehead atoms. The predicted molar refractivity (Wildman–Crippen MR) is 92.6 cm³/mol. The van der Waals surface area contributed by atoms with Crippen molar-refractivity contribution in [2.24, 2.45) is 0 Å². The fraction of sp³-hybridized carbons (Fsp3) is 0.316. The van der Waals surface area contributed by atoms with Crippen LogP contribution in [0.3, 0.4) is 0 Å². The SMILES string of the molecule is COc1ccc(O[C@H](C)C(=O)N[C@@H](C)c2ccc(OC)cc2)cc1. The lowest BCUT2D eigenvalue weighted by Gasteiger charge is -2.19. The van der Waals surface area contributed by atoms with Gasteiger partial charge in [0.25, 0.3) is 5.91 Å². The molecule has 24 heavy (non-hydrogen) atoms. The first-order valence-corrected chi connectivity index (χ1v) is 7.78. The van der Waals surface area contributed by atoms with Gasteiger partial charge < -0.3 is 19.5 Å². The minimum atomic E-state index is -0.598. The molecule has 5 nitrogen and oxygen atoms in total. The molecule has 0 aliphatic heterocycles. The highest BCUT2D eigenvalue weighted by molar-refractivity contribution is 5.81. The molecule has 0 spiro atoms. The van der Waals surface area contributed by atoms with E-state index in [0.717, 1.165) is 17.1 Å². The molecule has 0 radical (unpaired) electrons. The standard InChI is InChI=1S/C19H23NO4/c1-13(15-5-7-16(22-3)8-6-15)20-19(21)14(2)24-18-11-9-17(23-4)10-12-18/h5-14H,1-4H3,(H,20,21)/t13-,14+/m0/s1. The van der Waals surface area contributed by atoms with Crippen molar-refractivity contribution in [2.75, 3.05) is 14.2 Å². The summed E-state index contributed by atoms with van der Waals surface area (Å²) in [4.78, 5) is 12.3. The monoisotopic (exact) mass is 329 g/mol. The van der Waals surface area contributed by atoms with Crippen LogP contribution in [-0.4, -0.2) is 26.2 Å². The number of amides is 1. The highest BCUT2D eigenvalue weighted by atomic mass is 16.5. The van der Waals surface area contributed by atoms with Crippen LogP contribution in [0.25, 0.3) is 0 Å². The quantitative estimate of drug-likeness (QED) is 0.846. The van der Waals surface area contributed by atoms with Gasteiger partial charge in [-0.15, -0.1) is 0 Å². The van der Waals surface area contributed by atoms with Gasteiger partial charge in [-0.3, -0.25) is 4.79 Å². The molecule has 0 aliphatic carbocycles. The summed E-state index contributed by atoms with van der Waals surface area (Å²) in [6.45, 7) is 3.65. The number of rotatable bonds is 7. The van der Waals surface area contributed by atoms with E-state index in [9.17, 15) is 4.79 Å². The second kappa shape index (κ2) is 8.24. The van der Waals surface area contributed by atoms with Crippen LogP contribution in [0.5, 0.6) is 17.2 Å². The van der Waals surface area contributed by atoms with Gasteiger partial charge in [0.2, 0.25) is 0 Å². The van der Waals surface area contributed by atoms with Gasteiger partial charge in [-0.1, -0.05) is 12.1 Å². The van der Waals surface area contributed by atoms with Crippen molar-refractivity contribution in [1.82, 2.24) is 5.32 Å². The van der Waals surface area contributed by atoms with E-state index in [2.05, 4.69) is 5.32 Å². The van der Waals surface area contributed by atoms with Gasteiger partial charge in [0.1, 0.15) is 17.2 Å². The summed E-state index contributed by atoms with van der Waals surface area (Å²) in [5.74, 6) is 1.98. The Morgan fingerprint density at radius 1 is 0.833 bits per heavy atom. The first kappa shape index (κ1) is 17.7. The third-order valence-corrected chi connectivity index (χ3v) is 3.72. The Morgan fingerprint density at radius 3 is 1.79 bits per heavy atom. The maximum Gasteiger partial charge on any atom is 0.261 e. The molecule has 0 fully saturated rings. The molecule has 2 atom stereocenters. The van der Waals surface area contributed by atoms with Crippen LogP contribution in [-0.2, 0) is 4.79 Å². The summed E-state index contributed by atoms with van der Waals surface area (Å²) in [6, 6.07) is 14.6. The van der Waals surface area contributed by atoms with E-state index in [1.165, 1.54) is 0 Å². The maximum absolute atomic E-state index is 12.3. The van der Waals surface area contributed by atoms with Gasteiger partial charge in [0.15, 0.2) is 6.10 Å². The lowest BCUT2D eigenvalue weighted by molar-refractivity contribution is -0.127. The molecule has 0 aromatic heterocycles. The molecule has 2 rings (SSSR count). The number of carbonyl (C=O) groups is 1. The van der Waals surface area contributed by atoms with Gasteiger partial charge in [-0.05, 0) is 55.8 Å². The second-order valence-electron chi connectivity index (χ2n) is 5.44. The van der Waals surface area contributed by atoms with Crippen molar-refractivity contribution in [2.45, 2.75) is 26.0 Å². The molecule has 2 aromatic carbocycles. The van der Waals surface area contributed by atoms with E-state index in [4.69, 9.17) is 14.2 Å². The molecule has 0 unspecified atom stereocenters. The molecular formula is C19H23NO4. The number of methoxy groups -OCH3 is 2. The molecule has 128 valence electrons. The zero-order valence-electron chi connectivity index (χ0n) is 14.4. The van der Waals surface area contributed by atoms with Crippen molar-refractivity contribution in [3.05, 3.63) is 54.1 Å². The topological polar surface area (TPSA) is 56.8 Å². The molecule has 1 amide bonds. The Balaban J connectivity index is 1.91. The normalized spacial score (nSPS) is 12.8. The molecular weight excluding hydrogens is 306 g/mol. The van der Waals surface area contributed by atoms with E-state index in [-0.39, 0.29) is 11.9 Å². The van der Waals surface area contributed by atoms with Crippen LogP contribution in [0.2, 0.25) is 0 Å². The molecule has 0 aliphatic rings. The highest BCUT2D eigenvalue weighted by Gasteiger charge is 2.17. The molecule has 0 heterocycles. The van der Waals surface area contributed by atoms with Crippen LogP contribution in [0.1, 0.15) is 25.5 Å². The predicted octanol–water partition coefficient (Wildman–Crippen LogP) is 3.35. The number of hydrogen-bond donors (Lipinski definition) is 1. The third-order valence-electron chi connectivity index (χ3n) is 3.72. The van der Waals surface area contributed by atoms with Crippen molar-refractivity contribution < 1.29 is 19.0 Å². The van der Waals surface area contributed by atoms with Crippen LogP contribution < -0.4 is 19.5 Å². The van der Waals surface area contributed by atoms with E-state index < -0.39 is 6.10 Å². The van der Waals surface area contributed by atoms with Gasteiger partial charge >= 0.3 is 0 Å². The lowest BCUT2D eigenvalue weighted by Crippen LogP contribution is -2.37. The molecule has 1 N–H and O–H groups in total. The summed E-state index contributed by atoms with van der Waals surface area (Å²) in [6.07, 6.45) is -0.598. The van der Waals surface area contributed by atoms with Crippen LogP contribution in [0.4, 0.5) is 0 Å². The maximum atomic E-state index is 12.3. The largest absolute Gasteiger partial charge is 0.497 e. The lowest BCUT2D eigenvalue weighted by atomic mass is 10.1. The van der Waals surface area contributed by atoms with Crippen molar-refractivity contribution in [1.29, 1.82) is 0 Å². The molecule has 5 heteroatoms. The summed E-state index contributed by atoms with van der Waals surface area (Å²) in [5, 5.41) is 2.95. The molecule has 0 saturated heterocycles. The highest BCUT2D eigenvalue weighted by Crippen LogP contribution is 2.19. The van der Waals surface area contributed by atoms with Gasteiger partial charge in [0.05, 0.1) is 20.3 Å². The first-order valence-electron chi connectivity index (χ1n) is 7.78. The summed E-state index contributed by atoms with van der Waals surface area (Å²) >= 11 is 0. The number of hydrogen-bond acceptors (Lipinski definition) is 4. The second-order valence-corrected chi connectivity index (χ2v) is 5.44. The smallest absolute Gasteiger partial charge is 0.261 e. The Kier molecular flexibility index (Phi) is 6.07. The fourth-order valence-corrected chi connectivity index (χ4v) is 2.22. The van der Waals surface area contributed by atoms with Gasteiger partial charge in [0, 0.05) is 0 Å². The van der Waals surface area contributed by atoms with Crippen molar-refractivity contribution in [3.63, 3.8) is 0 Å². The Labute approximate surface area is 142 Å². The first-order chi connectivity index (χ1) is 11.5. The van der Waals surface area contributed by atoms with E-state index >= 15 is 0 Å². The average molecular weight is 329 g/mol. The number of carbonyl (C=O) groups excluding carboxylic acids is 1.